The molecule has 0 atom stereocenters. The number of alkyl halides is 3. The van der Waals surface area contributed by atoms with Crippen LogP contribution in [0.1, 0.15) is 11.1 Å². The van der Waals surface area contributed by atoms with Gasteiger partial charge in [-0.1, -0.05) is 18.2 Å². The van der Waals surface area contributed by atoms with Crippen molar-refractivity contribution < 1.29 is 27.6 Å². The van der Waals surface area contributed by atoms with Gasteiger partial charge in [0.25, 0.3) is 0 Å². The van der Waals surface area contributed by atoms with Gasteiger partial charge in [0.1, 0.15) is 11.5 Å². The molecule has 7 heteroatoms. The second-order valence-corrected chi connectivity index (χ2v) is 5.85. The minimum absolute atomic E-state index is 0.311. The van der Waals surface area contributed by atoms with Gasteiger partial charge in [-0.15, -0.1) is 0 Å². The Morgan fingerprint density at radius 2 is 1.60 bits per heavy atom. The molecular weight excluding hydrogens is 332 g/mol. The predicted octanol–water partition coefficient (Wildman–Crippen LogP) is 3.87. The molecule has 0 radical (unpaired) electrons. The topological polar surface area (TPSA) is 38.7 Å². The summed E-state index contributed by atoms with van der Waals surface area (Å²) in [6, 6.07) is 13.7. The lowest BCUT2D eigenvalue weighted by atomic mass is 9.80. The molecular formula is C18H12BF3O3. The molecule has 3 aromatic carbocycles. The molecule has 0 saturated heterocycles. The van der Waals surface area contributed by atoms with Crippen LogP contribution in [0.3, 0.4) is 0 Å². The predicted molar refractivity (Wildman–Crippen MR) is 87.9 cm³/mol. The van der Waals surface area contributed by atoms with E-state index in [1.807, 2.05) is 0 Å². The number of fused-ring (bicyclic) bond motifs is 2. The number of halogens is 3. The van der Waals surface area contributed by atoms with Crippen LogP contribution in [0.4, 0.5) is 13.2 Å². The average Bonchev–Trinajstić information content (AvgIpc) is 2.94. The maximum absolute atomic E-state index is 12.8. The van der Waals surface area contributed by atoms with Gasteiger partial charge in [-0.2, -0.15) is 13.2 Å². The zero-order chi connectivity index (χ0) is 17.6. The van der Waals surface area contributed by atoms with Gasteiger partial charge in [0.2, 0.25) is 0 Å². The normalized spacial score (nSPS) is 14.0. The average molecular weight is 344 g/mol. The highest BCUT2D eigenvalue weighted by Crippen LogP contribution is 2.33. The van der Waals surface area contributed by atoms with Gasteiger partial charge in [-0.3, -0.25) is 0 Å². The fraction of sp³-hybridized carbons (Fsp3) is 0.111. The first-order valence-corrected chi connectivity index (χ1v) is 7.61. The van der Waals surface area contributed by atoms with E-state index in [4.69, 9.17) is 9.39 Å². The van der Waals surface area contributed by atoms with Crippen LogP contribution in [0.5, 0.6) is 11.5 Å². The summed E-state index contributed by atoms with van der Waals surface area (Å²) >= 11 is 0. The van der Waals surface area contributed by atoms with Gasteiger partial charge in [-0.25, -0.2) is 0 Å². The Labute approximate surface area is 141 Å². The minimum Gasteiger partial charge on any atom is -0.457 e. The van der Waals surface area contributed by atoms with Crippen molar-refractivity contribution >= 4 is 23.4 Å². The zero-order valence-electron chi connectivity index (χ0n) is 12.9. The van der Waals surface area contributed by atoms with Gasteiger partial charge in [0, 0.05) is 0 Å². The number of benzene rings is 3. The molecule has 0 bridgehead atoms. The monoisotopic (exact) mass is 344 g/mol. The largest absolute Gasteiger partial charge is 0.491 e. The molecule has 1 aliphatic heterocycles. The Kier molecular flexibility index (Phi) is 3.70. The molecule has 0 spiro atoms. The Balaban J connectivity index is 1.62. The van der Waals surface area contributed by atoms with E-state index in [-0.39, 0.29) is 0 Å². The molecule has 4 rings (SSSR count). The Bertz CT molecular complexity index is 956. The molecule has 1 aliphatic rings. The van der Waals surface area contributed by atoms with Crippen LogP contribution in [0.25, 0.3) is 10.8 Å². The van der Waals surface area contributed by atoms with Crippen molar-refractivity contribution in [1.82, 2.24) is 0 Å². The molecule has 0 unspecified atom stereocenters. The third kappa shape index (κ3) is 3.08. The first-order valence-electron chi connectivity index (χ1n) is 7.61. The standard InChI is InChI=1S/C18H12BF3O3/c20-18(21,22)14-3-1-12-8-15(4-2-11(12)7-14)25-16-5-6-17-13(9-16)10-24-19(17)23/h1-9,23H,10H2. The van der Waals surface area contributed by atoms with Gasteiger partial charge in [0.15, 0.2) is 0 Å². The zero-order valence-corrected chi connectivity index (χ0v) is 12.9. The van der Waals surface area contributed by atoms with Crippen LogP contribution in [0.15, 0.2) is 54.6 Å². The van der Waals surface area contributed by atoms with E-state index in [0.717, 1.165) is 17.7 Å². The molecule has 0 amide bonds. The second kappa shape index (κ2) is 5.79. The highest BCUT2D eigenvalue weighted by atomic mass is 19.4. The molecule has 0 saturated carbocycles. The van der Waals surface area contributed by atoms with Gasteiger partial charge in [0.05, 0.1) is 12.2 Å². The molecule has 0 aromatic heterocycles. The van der Waals surface area contributed by atoms with E-state index in [2.05, 4.69) is 0 Å². The summed E-state index contributed by atoms with van der Waals surface area (Å²) in [7, 11) is -0.910. The second-order valence-electron chi connectivity index (χ2n) is 5.85. The van der Waals surface area contributed by atoms with Gasteiger partial charge >= 0.3 is 13.3 Å². The SMILES string of the molecule is OB1OCc2cc(Oc3ccc4cc(C(F)(F)F)ccc4c3)ccc21. The molecule has 3 nitrogen and oxygen atoms in total. The number of rotatable bonds is 2. The summed E-state index contributed by atoms with van der Waals surface area (Å²) < 4.78 is 49.2. The Hall–Kier alpha value is -2.51. The molecule has 126 valence electrons. The third-order valence-electron chi connectivity index (χ3n) is 4.15. The summed E-state index contributed by atoms with van der Waals surface area (Å²) in [6.07, 6.45) is -4.36. The first kappa shape index (κ1) is 16.0. The van der Waals surface area contributed by atoms with Gasteiger partial charge < -0.3 is 14.4 Å². The van der Waals surface area contributed by atoms with Crippen LogP contribution in [0, 0.1) is 0 Å². The molecule has 25 heavy (non-hydrogen) atoms. The lowest BCUT2D eigenvalue weighted by Crippen LogP contribution is -2.27. The number of ether oxygens (including phenoxy) is 1. The molecule has 1 heterocycles. The fourth-order valence-corrected chi connectivity index (χ4v) is 2.87. The highest BCUT2D eigenvalue weighted by Gasteiger charge is 2.30. The molecule has 0 aliphatic carbocycles. The highest BCUT2D eigenvalue weighted by molar-refractivity contribution is 6.61. The minimum atomic E-state index is -4.36. The summed E-state index contributed by atoms with van der Waals surface area (Å²) in [5.74, 6) is 1.09. The van der Waals surface area contributed by atoms with E-state index < -0.39 is 18.9 Å². The molecule has 3 aromatic rings. The van der Waals surface area contributed by atoms with Crippen LogP contribution >= 0.6 is 0 Å². The molecule has 1 N–H and O–H groups in total. The third-order valence-corrected chi connectivity index (χ3v) is 4.15. The van der Waals surface area contributed by atoms with Crippen LogP contribution in [0.2, 0.25) is 0 Å². The lowest BCUT2D eigenvalue weighted by Gasteiger charge is -2.10. The summed E-state index contributed by atoms with van der Waals surface area (Å²) in [4.78, 5) is 0. The van der Waals surface area contributed by atoms with Crippen molar-refractivity contribution in [1.29, 1.82) is 0 Å². The van der Waals surface area contributed by atoms with Crippen molar-refractivity contribution in [3.8, 4) is 11.5 Å². The first-order chi connectivity index (χ1) is 11.9. The molecule has 0 fully saturated rings. The van der Waals surface area contributed by atoms with E-state index >= 15 is 0 Å². The summed E-state index contributed by atoms with van der Waals surface area (Å²) in [5.41, 5.74) is 0.886. The van der Waals surface area contributed by atoms with E-state index in [0.29, 0.717) is 34.3 Å². The van der Waals surface area contributed by atoms with E-state index in [1.54, 1.807) is 36.4 Å². The van der Waals surface area contributed by atoms with Crippen molar-refractivity contribution in [3.63, 3.8) is 0 Å². The van der Waals surface area contributed by atoms with Crippen LogP contribution < -0.4 is 10.2 Å². The Morgan fingerprint density at radius 1 is 0.920 bits per heavy atom. The van der Waals surface area contributed by atoms with E-state index in [9.17, 15) is 18.2 Å². The summed E-state index contributed by atoms with van der Waals surface area (Å²) in [6.45, 7) is 0.311. The van der Waals surface area contributed by atoms with Gasteiger partial charge in [-0.05, 0) is 58.2 Å². The number of hydrogen-bond donors (Lipinski definition) is 1. The lowest BCUT2D eigenvalue weighted by molar-refractivity contribution is -0.137. The number of hydrogen-bond acceptors (Lipinski definition) is 3. The van der Waals surface area contributed by atoms with Crippen molar-refractivity contribution in [2.45, 2.75) is 12.8 Å². The quantitative estimate of drug-likeness (QED) is 0.718. The fourth-order valence-electron chi connectivity index (χ4n) is 2.87. The van der Waals surface area contributed by atoms with Crippen molar-refractivity contribution in [2.75, 3.05) is 0 Å². The van der Waals surface area contributed by atoms with Crippen molar-refractivity contribution in [3.05, 3.63) is 65.7 Å². The van der Waals surface area contributed by atoms with E-state index in [1.165, 1.54) is 6.07 Å². The van der Waals surface area contributed by atoms with Crippen molar-refractivity contribution in [2.24, 2.45) is 0 Å². The Morgan fingerprint density at radius 3 is 2.40 bits per heavy atom. The van der Waals surface area contributed by atoms with Crippen LogP contribution in [-0.2, 0) is 17.4 Å². The summed E-state index contributed by atoms with van der Waals surface area (Å²) in [5, 5.41) is 10.8. The maximum Gasteiger partial charge on any atom is 0.491 e. The maximum atomic E-state index is 12.8. The smallest absolute Gasteiger partial charge is 0.457 e. The van der Waals surface area contributed by atoms with Crippen LogP contribution in [-0.4, -0.2) is 12.1 Å².